The summed E-state index contributed by atoms with van der Waals surface area (Å²) < 4.78 is 3.01. The van der Waals surface area contributed by atoms with E-state index in [0.29, 0.717) is 6.04 Å². The molecule has 1 aromatic rings. The molecule has 0 saturated heterocycles. The Balaban J connectivity index is 1.82. The molecule has 1 aliphatic carbocycles. The van der Waals surface area contributed by atoms with Gasteiger partial charge in [0.05, 0.1) is 17.2 Å². The van der Waals surface area contributed by atoms with Crippen LogP contribution in [-0.2, 0) is 6.54 Å². The Labute approximate surface area is 86.6 Å². The summed E-state index contributed by atoms with van der Waals surface area (Å²) in [4.78, 5) is 0. The first kappa shape index (κ1) is 9.21. The Morgan fingerprint density at radius 1 is 1.77 bits per heavy atom. The second-order valence-electron chi connectivity index (χ2n) is 3.72. The maximum absolute atomic E-state index is 4.21. The van der Waals surface area contributed by atoms with E-state index < -0.39 is 0 Å². The third-order valence-electron chi connectivity index (χ3n) is 2.16. The Kier molecular flexibility index (Phi) is 2.69. The van der Waals surface area contributed by atoms with E-state index in [1.807, 2.05) is 17.1 Å². The molecule has 0 spiro atoms. The van der Waals surface area contributed by atoms with Gasteiger partial charge < -0.3 is 5.32 Å². The van der Waals surface area contributed by atoms with Gasteiger partial charge in [-0.2, -0.15) is 5.10 Å². The fourth-order valence-electron chi connectivity index (χ4n) is 1.42. The fraction of sp³-hybridized carbons (Fsp3) is 0.667. The molecule has 72 valence electrons. The quantitative estimate of drug-likeness (QED) is 0.875. The van der Waals surface area contributed by atoms with Gasteiger partial charge in [-0.05, 0) is 35.7 Å². The summed E-state index contributed by atoms with van der Waals surface area (Å²) in [7, 11) is 0. The first-order valence-electron chi connectivity index (χ1n) is 4.68. The number of hydrogen-bond donors (Lipinski definition) is 1. The van der Waals surface area contributed by atoms with Crippen LogP contribution in [-0.4, -0.2) is 21.9 Å². The molecule has 1 unspecified atom stereocenters. The summed E-state index contributed by atoms with van der Waals surface area (Å²) in [6, 6.07) is 1.29. The van der Waals surface area contributed by atoms with Gasteiger partial charge in [-0.3, -0.25) is 4.68 Å². The number of rotatable bonds is 4. The van der Waals surface area contributed by atoms with Crippen LogP contribution in [0.3, 0.4) is 0 Å². The van der Waals surface area contributed by atoms with E-state index in [1.54, 1.807) is 0 Å². The van der Waals surface area contributed by atoms with Crippen molar-refractivity contribution in [2.45, 2.75) is 38.4 Å². The van der Waals surface area contributed by atoms with Crippen molar-refractivity contribution in [2.75, 3.05) is 0 Å². The topological polar surface area (TPSA) is 29.9 Å². The number of nitrogens with zero attached hydrogens (tertiary/aromatic N) is 2. The molecule has 1 aliphatic rings. The van der Waals surface area contributed by atoms with Crippen LogP contribution in [0.1, 0.15) is 19.8 Å². The van der Waals surface area contributed by atoms with Crippen LogP contribution < -0.4 is 5.32 Å². The highest BCUT2D eigenvalue weighted by Gasteiger charge is 2.22. The van der Waals surface area contributed by atoms with Gasteiger partial charge in [-0.1, -0.05) is 0 Å². The maximum Gasteiger partial charge on any atom is 0.0632 e. The minimum atomic E-state index is 0.513. The van der Waals surface area contributed by atoms with Crippen molar-refractivity contribution in [3.63, 3.8) is 0 Å². The Hall–Kier alpha value is -0.350. The normalized spacial score (nSPS) is 18.9. The average Bonchev–Trinajstić information content (AvgIpc) is 2.76. The molecule has 1 atom stereocenters. The van der Waals surface area contributed by atoms with Crippen LogP contribution in [0, 0.1) is 0 Å². The predicted molar refractivity (Wildman–Crippen MR) is 55.5 cm³/mol. The van der Waals surface area contributed by atoms with Crippen molar-refractivity contribution in [1.29, 1.82) is 0 Å². The average molecular weight is 244 g/mol. The number of hydrogen-bond acceptors (Lipinski definition) is 2. The smallest absolute Gasteiger partial charge is 0.0632 e. The van der Waals surface area contributed by atoms with Gasteiger partial charge >= 0.3 is 0 Å². The van der Waals surface area contributed by atoms with E-state index in [2.05, 4.69) is 33.3 Å². The van der Waals surface area contributed by atoms with Gasteiger partial charge in [0, 0.05) is 18.3 Å². The molecule has 0 radical (unpaired) electrons. The van der Waals surface area contributed by atoms with Gasteiger partial charge in [0.15, 0.2) is 0 Å². The van der Waals surface area contributed by atoms with Crippen LogP contribution in [0.2, 0.25) is 0 Å². The summed E-state index contributed by atoms with van der Waals surface area (Å²) in [6.45, 7) is 3.15. The standard InChI is InChI=1S/C9H14BrN3/c1-7(12-9-2-3-9)5-13-6-8(10)4-11-13/h4,6-7,9,12H,2-3,5H2,1H3. The Morgan fingerprint density at radius 2 is 2.54 bits per heavy atom. The van der Waals surface area contributed by atoms with Crippen LogP contribution in [0.25, 0.3) is 0 Å². The molecule has 0 bridgehead atoms. The number of aromatic nitrogens is 2. The van der Waals surface area contributed by atoms with E-state index in [1.165, 1.54) is 12.8 Å². The van der Waals surface area contributed by atoms with E-state index in [-0.39, 0.29) is 0 Å². The zero-order valence-corrected chi connectivity index (χ0v) is 9.29. The Bertz CT molecular complexity index is 280. The van der Waals surface area contributed by atoms with Crippen molar-refractivity contribution in [2.24, 2.45) is 0 Å². The van der Waals surface area contributed by atoms with Crippen molar-refractivity contribution >= 4 is 15.9 Å². The van der Waals surface area contributed by atoms with E-state index in [9.17, 15) is 0 Å². The molecule has 0 amide bonds. The highest BCUT2D eigenvalue weighted by Crippen LogP contribution is 2.19. The number of halogens is 1. The molecule has 1 saturated carbocycles. The summed E-state index contributed by atoms with van der Waals surface area (Å²) in [5.41, 5.74) is 0. The summed E-state index contributed by atoms with van der Waals surface area (Å²) >= 11 is 3.38. The van der Waals surface area contributed by atoms with Crippen molar-refractivity contribution in [1.82, 2.24) is 15.1 Å². The van der Waals surface area contributed by atoms with Crippen molar-refractivity contribution < 1.29 is 0 Å². The third kappa shape index (κ3) is 2.81. The summed E-state index contributed by atoms with van der Waals surface area (Å²) in [5.74, 6) is 0. The second kappa shape index (κ2) is 3.80. The van der Waals surface area contributed by atoms with Crippen LogP contribution in [0.15, 0.2) is 16.9 Å². The first-order valence-corrected chi connectivity index (χ1v) is 5.47. The SMILES string of the molecule is CC(Cn1cc(Br)cn1)NC1CC1. The lowest BCUT2D eigenvalue weighted by atomic mass is 10.3. The zero-order valence-electron chi connectivity index (χ0n) is 7.70. The molecule has 0 aliphatic heterocycles. The third-order valence-corrected chi connectivity index (χ3v) is 2.57. The largest absolute Gasteiger partial charge is 0.310 e. The molecule has 1 N–H and O–H groups in total. The lowest BCUT2D eigenvalue weighted by molar-refractivity contribution is 0.449. The minimum absolute atomic E-state index is 0.513. The summed E-state index contributed by atoms with van der Waals surface area (Å²) in [5, 5.41) is 7.75. The van der Waals surface area contributed by atoms with Gasteiger partial charge in [0.1, 0.15) is 0 Å². The fourth-order valence-corrected chi connectivity index (χ4v) is 1.75. The van der Waals surface area contributed by atoms with E-state index >= 15 is 0 Å². The van der Waals surface area contributed by atoms with Crippen LogP contribution in [0.4, 0.5) is 0 Å². The molecule has 3 nitrogen and oxygen atoms in total. The van der Waals surface area contributed by atoms with Gasteiger partial charge in [-0.15, -0.1) is 0 Å². The van der Waals surface area contributed by atoms with Crippen molar-refractivity contribution in [3.8, 4) is 0 Å². The lowest BCUT2D eigenvalue weighted by Crippen LogP contribution is -2.32. The summed E-state index contributed by atoms with van der Waals surface area (Å²) in [6.07, 6.45) is 6.51. The molecule has 1 fully saturated rings. The second-order valence-corrected chi connectivity index (χ2v) is 4.64. The molecular formula is C9H14BrN3. The Morgan fingerprint density at radius 3 is 3.08 bits per heavy atom. The highest BCUT2D eigenvalue weighted by atomic mass is 79.9. The first-order chi connectivity index (χ1) is 6.24. The monoisotopic (exact) mass is 243 g/mol. The minimum Gasteiger partial charge on any atom is -0.310 e. The predicted octanol–water partition coefficient (Wildman–Crippen LogP) is 1.79. The molecule has 0 aromatic carbocycles. The molecule has 2 rings (SSSR count). The molecule has 13 heavy (non-hydrogen) atoms. The molecule has 1 heterocycles. The van der Waals surface area contributed by atoms with Crippen LogP contribution in [0.5, 0.6) is 0 Å². The lowest BCUT2D eigenvalue weighted by Gasteiger charge is -2.12. The van der Waals surface area contributed by atoms with Gasteiger partial charge in [0.25, 0.3) is 0 Å². The van der Waals surface area contributed by atoms with Gasteiger partial charge in [0.2, 0.25) is 0 Å². The van der Waals surface area contributed by atoms with Crippen molar-refractivity contribution in [3.05, 3.63) is 16.9 Å². The van der Waals surface area contributed by atoms with E-state index in [0.717, 1.165) is 17.1 Å². The highest BCUT2D eigenvalue weighted by molar-refractivity contribution is 9.10. The van der Waals surface area contributed by atoms with E-state index in [4.69, 9.17) is 0 Å². The van der Waals surface area contributed by atoms with Gasteiger partial charge in [-0.25, -0.2) is 0 Å². The molecular weight excluding hydrogens is 230 g/mol. The molecule has 1 aromatic heterocycles. The zero-order chi connectivity index (χ0) is 9.26. The van der Waals surface area contributed by atoms with Crippen LogP contribution >= 0.6 is 15.9 Å². The number of nitrogens with one attached hydrogen (secondary N) is 1. The molecule has 4 heteroatoms. The maximum atomic E-state index is 4.21.